The van der Waals surface area contributed by atoms with Crippen LogP contribution in [0.4, 0.5) is 17.6 Å². The van der Waals surface area contributed by atoms with Gasteiger partial charge >= 0.3 is 6.18 Å². The van der Waals surface area contributed by atoms with Crippen molar-refractivity contribution in [3.63, 3.8) is 0 Å². The minimum atomic E-state index is -4.61. The van der Waals surface area contributed by atoms with Gasteiger partial charge in [0.05, 0.1) is 5.56 Å². The Hall–Kier alpha value is -2.63. The second-order valence-corrected chi connectivity index (χ2v) is 6.72. The lowest BCUT2D eigenvalue weighted by Crippen LogP contribution is -2.15. The van der Waals surface area contributed by atoms with E-state index in [0.717, 1.165) is 22.8 Å². The summed E-state index contributed by atoms with van der Waals surface area (Å²) in [6.07, 6.45) is -1.38. The first-order valence-corrected chi connectivity index (χ1v) is 8.61. The SMILES string of the molecule is Cc1cccc([C@H](C)c2nccn2Cc2ccc(F)cc2C(F)(F)F)c1C. The molecule has 0 aliphatic heterocycles. The van der Waals surface area contributed by atoms with Gasteiger partial charge in [0.15, 0.2) is 0 Å². The van der Waals surface area contributed by atoms with Crippen molar-refractivity contribution in [2.24, 2.45) is 0 Å². The van der Waals surface area contributed by atoms with Crippen LogP contribution in [-0.4, -0.2) is 9.55 Å². The van der Waals surface area contributed by atoms with Gasteiger partial charge < -0.3 is 4.57 Å². The third-order valence-corrected chi connectivity index (χ3v) is 4.97. The summed E-state index contributed by atoms with van der Waals surface area (Å²) in [5, 5.41) is 0. The zero-order chi connectivity index (χ0) is 19.8. The highest BCUT2D eigenvalue weighted by Gasteiger charge is 2.34. The molecule has 0 bridgehead atoms. The second kappa shape index (κ2) is 7.18. The highest BCUT2D eigenvalue weighted by molar-refractivity contribution is 5.38. The number of nitrogens with zero attached hydrogens (tertiary/aromatic N) is 2. The summed E-state index contributed by atoms with van der Waals surface area (Å²) in [6, 6.07) is 8.76. The van der Waals surface area contributed by atoms with Gasteiger partial charge in [-0.15, -0.1) is 0 Å². The first-order valence-electron chi connectivity index (χ1n) is 8.61. The molecule has 0 spiro atoms. The summed E-state index contributed by atoms with van der Waals surface area (Å²) in [5.41, 5.74) is 2.42. The maximum absolute atomic E-state index is 13.3. The van der Waals surface area contributed by atoms with Crippen LogP contribution in [0.2, 0.25) is 0 Å². The number of hydrogen-bond donors (Lipinski definition) is 0. The molecule has 3 rings (SSSR count). The molecule has 3 aromatic rings. The van der Waals surface area contributed by atoms with Crippen LogP contribution in [0.15, 0.2) is 48.8 Å². The first-order chi connectivity index (χ1) is 12.7. The molecule has 0 fully saturated rings. The topological polar surface area (TPSA) is 17.8 Å². The minimum Gasteiger partial charge on any atom is -0.330 e. The van der Waals surface area contributed by atoms with Crippen molar-refractivity contribution in [1.82, 2.24) is 9.55 Å². The lowest BCUT2D eigenvalue weighted by atomic mass is 9.93. The van der Waals surface area contributed by atoms with E-state index in [9.17, 15) is 17.6 Å². The summed E-state index contributed by atoms with van der Waals surface area (Å²) < 4.78 is 54.9. The van der Waals surface area contributed by atoms with Gasteiger partial charge in [0.25, 0.3) is 0 Å². The maximum atomic E-state index is 13.3. The third-order valence-electron chi connectivity index (χ3n) is 4.97. The average Bonchev–Trinajstić information content (AvgIpc) is 3.05. The molecule has 0 amide bonds. The van der Waals surface area contributed by atoms with Crippen LogP contribution in [0.25, 0.3) is 0 Å². The monoisotopic (exact) mass is 376 g/mol. The van der Waals surface area contributed by atoms with E-state index in [2.05, 4.69) is 4.98 Å². The zero-order valence-electron chi connectivity index (χ0n) is 15.3. The molecule has 0 saturated carbocycles. The number of hydrogen-bond acceptors (Lipinski definition) is 1. The molecule has 0 radical (unpaired) electrons. The van der Waals surface area contributed by atoms with E-state index in [4.69, 9.17) is 0 Å². The Kier molecular flexibility index (Phi) is 5.09. The Bertz CT molecular complexity index is 957. The Labute approximate surface area is 155 Å². The minimum absolute atomic E-state index is 0.0105. The molecule has 0 saturated heterocycles. The van der Waals surface area contributed by atoms with Gasteiger partial charge in [0.2, 0.25) is 0 Å². The summed E-state index contributed by atoms with van der Waals surface area (Å²) in [7, 11) is 0. The van der Waals surface area contributed by atoms with Gasteiger partial charge in [0.1, 0.15) is 11.6 Å². The van der Waals surface area contributed by atoms with E-state index < -0.39 is 17.6 Å². The molecule has 27 heavy (non-hydrogen) atoms. The van der Waals surface area contributed by atoms with Gasteiger partial charge in [-0.2, -0.15) is 13.2 Å². The standard InChI is InChI=1S/C21H20F4N2/c1-13-5-4-6-18(14(13)2)15(3)20-26-9-10-27(20)12-16-7-8-17(22)11-19(16)21(23,24)25/h4-11,15H,12H2,1-3H3/t15-/m0/s1. The molecule has 6 heteroatoms. The molecule has 1 aromatic heterocycles. The molecule has 1 atom stereocenters. The third kappa shape index (κ3) is 3.89. The normalized spacial score (nSPS) is 13.0. The summed E-state index contributed by atoms with van der Waals surface area (Å²) >= 11 is 0. The van der Waals surface area contributed by atoms with E-state index in [1.54, 1.807) is 17.0 Å². The Morgan fingerprint density at radius 1 is 1.11 bits per heavy atom. The summed E-state index contributed by atoms with van der Waals surface area (Å²) in [5.74, 6) is -0.323. The average molecular weight is 376 g/mol. The van der Waals surface area contributed by atoms with Crippen molar-refractivity contribution in [2.45, 2.75) is 39.4 Å². The number of halogens is 4. The van der Waals surface area contributed by atoms with Crippen LogP contribution < -0.4 is 0 Å². The number of imidazole rings is 1. The second-order valence-electron chi connectivity index (χ2n) is 6.72. The van der Waals surface area contributed by atoms with E-state index in [1.165, 1.54) is 6.07 Å². The van der Waals surface area contributed by atoms with E-state index >= 15 is 0 Å². The van der Waals surface area contributed by atoms with Crippen LogP contribution in [0.5, 0.6) is 0 Å². The van der Waals surface area contributed by atoms with Crippen LogP contribution in [0.3, 0.4) is 0 Å². The molecule has 2 nitrogen and oxygen atoms in total. The molecule has 0 aliphatic carbocycles. The van der Waals surface area contributed by atoms with Gasteiger partial charge in [-0.1, -0.05) is 31.2 Å². The van der Waals surface area contributed by atoms with Crippen molar-refractivity contribution in [3.05, 3.63) is 88.3 Å². The lowest BCUT2D eigenvalue weighted by molar-refractivity contribution is -0.138. The molecule has 2 aromatic carbocycles. The number of rotatable bonds is 4. The molecular formula is C21H20F4N2. The van der Waals surface area contributed by atoms with Gasteiger partial charge in [0, 0.05) is 24.9 Å². The van der Waals surface area contributed by atoms with Crippen molar-refractivity contribution >= 4 is 0 Å². The smallest absolute Gasteiger partial charge is 0.330 e. The van der Waals surface area contributed by atoms with Crippen LogP contribution >= 0.6 is 0 Å². The Balaban J connectivity index is 1.99. The Morgan fingerprint density at radius 2 is 1.85 bits per heavy atom. The van der Waals surface area contributed by atoms with Crippen molar-refractivity contribution in [1.29, 1.82) is 0 Å². The van der Waals surface area contributed by atoms with Gasteiger partial charge in [-0.25, -0.2) is 9.37 Å². The molecule has 0 aliphatic rings. The van der Waals surface area contributed by atoms with Crippen LogP contribution in [0.1, 0.15) is 46.5 Å². The fraction of sp³-hybridized carbons (Fsp3) is 0.286. The zero-order valence-corrected chi connectivity index (χ0v) is 15.3. The molecule has 1 heterocycles. The lowest BCUT2D eigenvalue weighted by Gasteiger charge is -2.19. The fourth-order valence-corrected chi connectivity index (χ4v) is 3.35. The summed E-state index contributed by atoms with van der Waals surface area (Å²) in [6.45, 7) is 6.00. The first kappa shape index (κ1) is 19.1. The predicted octanol–water partition coefficient (Wildman–Crippen LogP) is 5.86. The highest BCUT2D eigenvalue weighted by Crippen LogP contribution is 2.34. The van der Waals surface area contributed by atoms with E-state index in [1.807, 2.05) is 39.0 Å². The predicted molar refractivity (Wildman–Crippen MR) is 96.2 cm³/mol. The Morgan fingerprint density at radius 3 is 2.56 bits per heavy atom. The largest absolute Gasteiger partial charge is 0.416 e. The quantitative estimate of drug-likeness (QED) is 0.522. The molecule has 0 N–H and O–H groups in total. The summed E-state index contributed by atoms with van der Waals surface area (Å²) in [4.78, 5) is 4.38. The van der Waals surface area contributed by atoms with E-state index in [0.29, 0.717) is 11.9 Å². The maximum Gasteiger partial charge on any atom is 0.416 e. The van der Waals surface area contributed by atoms with E-state index in [-0.39, 0.29) is 18.0 Å². The molecule has 142 valence electrons. The highest BCUT2D eigenvalue weighted by atomic mass is 19.4. The van der Waals surface area contributed by atoms with Crippen LogP contribution in [0, 0.1) is 19.7 Å². The van der Waals surface area contributed by atoms with Crippen molar-refractivity contribution in [3.8, 4) is 0 Å². The molecular weight excluding hydrogens is 356 g/mol. The van der Waals surface area contributed by atoms with Crippen LogP contribution in [-0.2, 0) is 12.7 Å². The number of aromatic nitrogens is 2. The van der Waals surface area contributed by atoms with Gasteiger partial charge in [-0.05, 0) is 48.2 Å². The fourth-order valence-electron chi connectivity index (χ4n) is 3.35. The number of alkyl halides is 3. The van der Waals surface area contributed by atoms with Gasteiger partial charge in [-0.3, -0.25) is 0 Å². The number of benzene rings is 2. The van der Waals surface area contributed by atoms with Crippen molar-refractivity contribution in [2.75, 3.05) is 0 Å². The number of aryl methyl sites for hydroxylation is 1. The van der Waals surface area contributed by atoms with Crippen molar-refractivity contribution < 1.29 is 17.6 Å². The molecule has 0 unspecified atom stereocenters.